The lowest BCUT2D eigenvalue weighted by Crippen LogP contribution is -2.43. The van der Waals surface area contributed by atoms with Gasteiger partial charge in [0.25, 0.3) is 0 Å². The first-order chi connectivity index (χ1) is 13.2. The summed E-state index contributed by atoms with van der Waals surface area (Å²) in [5.41, 5.74) is 2.52. The van der Waals surface area contributed by atoms with Crippen molar-refractivity contribution >= 4 is 41.3 Å². The summed E-state index contributed by atoms with van der Waals surface area (Å²) in [6.07, 6.45) is 3.51. The Labute approximate surface area is 190 Å². The van der Waals surface area contributed by atoms with Gasteiger partial charge in [-0.05, 0) is 45.3 Å². The lowest BCUT2D eigenvalue weighted by Gasteiger charge is -2.29. The largest absolute Gasteiger partial charge is 0.356 e. The molecule has 3 rings (SSSR count). The molecule has 5 nitrogen and oxygen atoms in total. The van der Waals surface area contributed by atoms with Crippen LogP contribution in [-0.2, 0) is 6.42 Å². The van der Waals surface area contributed by atoms with Crippen LogP contribution in [0.2, 0.25) is 0 Å². The Balaban J connectivity index is 0.00000280. The van der Waals surface area contributed by atoms with E-state index in [0.29, 0.717) is 6.04 Å². The van der Waals surface area contributed by atoms with E-state index < -0.39 is 0 Å². The van der Waals surface area contributed by atoms with Crippen LogP contribution in [0.4, 0.5) is 0 Å². The van der Waals surface area contributed by atoms with Crippen molar-refractivity contribution in [3.63, 3.8) is 0 Å². The van der Waals surface area contributed by atoms with Crippen LogP contribution in [0.25, 0.3) is 0 Å². The summed E-state index contributed by atoms with van der Waals surface area (Å²) in [7, 11) is 1.83. The van der Waals surface area contributed by atoms with Crippen molar-refractivity contribution in [3.05, 3.63) is 51.5 Å². The number of aliphatic imine (C=N–C) groups is 1. The van der Waals surface area contributed by atoms with Gasteiger partial charge in [-0.3, -0.25) is 9.89 Å². The van der Waals surface area contributed by atoms with Gasteiger partial charge in [0.05, 0.1) is 16.7 Å². The summed E-state index contributed by atoms with van der Waals surface area (Å²) in [5.74, 6) is 0.861. The minimum atomic E-state index is 0. The van der Waals surface area contributed by atoms with E-state index in [9.17, 15) is 0 Å². The summed E-state index contributed by atoms with van der Waals surface area (Å²) in [4.78, 5) is 12.9. The van der Waals surface area contributed by atoms with Crippen LogP contribution < -0.4 is 10.6 Å². The first-order valence-corrected chi connectivity index (χ1v) is 10.7. The van der Waals surface area contributed by atoms with E-state index in [0.717, 1.165) is 31.2 Å². The molecule has 154 valence electrons. The third kappa shape index (κ3) is 6.42. The van der Waals surface area contributed by atoms with Gasteiger partial charge in [-0.25, -0.2) is 4.98 Å². The molecule has 1 fully saturated rings. The standard InChI is InChI=1S/C21H31N5S.HI/c1-16-17(2)27-20(25-16)11-12-23-21(22-3)24-15-19(26-13-7-8-14-26)18-9-5-4-6-10-18;/h4-6,9-10,19H,7-8,11-15H2,1-3H3,(H2,22,23,24);1H. The molecule has 1 unspecified atom stereocenters. The molecule has 0 saturated carbocycles. The lowest BCUT2D eigenvalue weighted by molar-refractivity contribution is 0.245. The number of thiazole rings is 1. The fraction of sp³-hybridized carbons (Fsp3) is 0.524. The number of aryl methyl sites for hydroxylation is 2. The fourth-order valence-corrected chi connectivity index (χ4v) is 4.47. The van der Waals surface area contributed by atoms with Gasteiger partial charge in [0, 0.05) is 31.4 Å². The highest BCUT2D eigenvalue weighted by atomic mass is 127. The van der Waals surface area contributed by atoms with Crippen molar-refractivity contribution in [1.29, 1.82) is 0 Å². The fourth-order valence-electron chi connectivity index (χ4n) is 3.53. The maximum absolute atomic E-state index is 4.61. The zero-order valence-electron chi connectivity index (χ0n) is 17.1. The second-order valence-corrected chi connectivity index (χ2v) is 8.34. The third-order valence-corrected chi connectivity index (χ3v) is 6.29. The summed E-state index contributed by atoms with van der Waals surface area (Å²) in [6, 6.07) is 11.2. The zero-order valence-corrected chi connectivity index (χ0v) is 20.2. The van der Waals surface area contributed by atoms with Gasteiger partial charge in [-0.2, -0.15) is 0 Å². The van der Waals surface area contributed by atoms with Crippen LogP contribution in [0, 0.1) is 13.8 Å². The molecule has 1 atom stereocenters. The van der Waals surface area contributed by atoms with Crippen LogP contribution in [0.15, 0.2) is 35.3 Å². The highest BCUT2D eigenvalue weighted by Gasteiger charge is 2.23. The zero-order chi connectivity index (χ0) is 19.1. The molecule has 0 radical (unpaired) electrons. The number of nitrogens with one attached hydrogen (secondary N) is 2. The van der Waals surface area contributed by atoms with Gasteiger partial charge in [-0.1, -0.05) is 30.3 Å². The topological polar surface area (TPSA) is 52.6 Å². The average molecular weight is 513 g/mol. The van der Waals surface area contributed by atoms with Gasteiger partial charge in [0.1, 0.15) is 0 Å². The number of aromatic nitrogens is 1. The van der Waals surface area contributed by atoms with E-state index in [2.05, 4.69) is 69.7 Å². The highest BCUT2D eigenvalue weighted by molar-refractivity contribution is 14.0. The van der Waals surface area contributed by atoms with E-state index in [1.165, 1.54) is 41.4 Å². The number of benzene rings is 1. The van der Waals surface area contributed by atoms with E-state index >= 15 is 0 Å². The molecule has 2 heterocycles. The molecule has 1 aromatic carbocycles. The van der Waals surface area contributed by atoms with Crippen LogP contribution in [-0.4, -0.2) is 49.1 Å². The molecule has 1 aliphatic rings. The highest BCUT2D eigenvalue weighted by Crippen LogP contribution is 2.24. The smallest absolute Gasteiger partial charge is 0.191 e. The molecule has 2 N–H and O–H groups in total. The van der Waals surface area contributed by atoms with Crippen molar-refractivity contribution in [2.45, 2.75) is 39.2 Å². The van der Waals surface area contributed by atoms with E-state index in [4.69, 9.17) is 0 Å². The van der Waals surface area contributed by atoms with Gasteiger partial charge in [0.2, 0.25) is 0 Å². The molecule has 28 heavy (non-hydrogen) atoms. The van der Waals surface area contributed by atoms with Crippen LogP contribution in [0.5, 0.6) is 0 Å². The Hall–Kier alpha value is -1.19. The van der Waals surface area contributed by atoms with Crippen LogP contribution >= 0.6 is 35.3 Å². The van der Waals surface area contributed by atoms with Crippen LogP contribution in [0.3, 0.4) is 0 Å². The monoisotopic (exact) mass is 513 g/mol. The van der Waals surface area contributed by atoms with Crippen LogP contribution in [0.1, 0.15) is 40.0 Å². The minimum absolute atomic E-state index is 0. The normalized spacial score (nSPS) is 15.9. The summed E-state index contributed by atoms with van der Waals surface area (Å²) in [6.45, 7) is 8.26. The first-order valence-electron chi connectivity index (χ1n) is 9.84. The average Bonchev–Trinajstić information content (AvgIpc) is 3.32. The number of rotatable bonds is 7. The van der Waals surface area contributed by atoms with Gasteiger partial charge in [0.15, 0.2) is 5.96 Å². The first kappa shape index (κ1) is 23.1. The molecular formula is C21H32IN5S. The van der Waals surface area contributed by atoms with E-state index in [-0.39, 0.29) is 24.0 Å². The Bertz CT molecular complexity index is 721. The Morgan fingerprint density at radius 2 is 1.89 bits per heavy atom. The van der Waals surface area contributed by atoms with Crippen molar-refractivity contribution in [2.24, 2.45) is 4.99 Å². The Kier molecular flexibility index (Phi) is 9.67. The minimum Gasteiger partial charge on any atom is -0.356 e. The molecule has 0 amide bonds. The van der Waals surface area contributed by atoms with Gasteiger partial charge < -0.3 is 10.6 Å². The predicted molar refractivity (Wildman–Crippen MR) is 130 cm³/mol. The quantitative estimate of drug-likeness (QED) is 0.335. The second kappa shape index (κ2) is 11.7. The molecule has 2 aromatic rings. The number of nitrogens with zero attached hydrogens (tertiary/aromatic N) is 3. The molecule has 7 heteroatoms. The molecular weight excluding hydrogens is 481 g/mol. The summed E-state index contributed by atoms with van der Waals surface area (Å²) in [5, 5.41) is 8.15. The molecule has 0 aliphatic carbocycles. The third-order valence-electron chi connectivity index (χ3n) is 5.16. The Morgan fingerprint density at radius 3 is 2.50 bits per heavy atom. The van der Waals surface area contributed by atoms with Crippen molar-refractivity contribution in [3.8, 4) is 0 Å². The maximum atomic E-state index is 4.61. The predicted octanol–water partition coefficient (Wildman–Crippen LogP) is 3.92. The van der Waals surface area contributed by atoms with Crippen molar-refractivity contribution in [1.82, 2.24) is 20.5 Å². The maximum Gasteiger partial charge on any atom is 0.191 e. The SMILES string of the molecule is CN=C(NCCc1nc(C)c(C)s1)NCC(c1ccccc1)N1CCCC1.I. The lowest BCUT2D eigenvalue weighted by atomic mass is 10.1. The molecule has 1 aromatic heterocycles. The van der Waals surface area contributed by atoms with Gasteiger partial charge >= 0.3 is 0 Å². The van der Waals surface area contributed by atoms with E-state index in [1.807, 2.05) is 7.05 Å². The summed E-state index contributed by atoms with van der Waals surface area (Å²) < 4.78 is 0. The second-order valence-electron chi connectivity index (χ2n) is 7.05. The molecule has 0 bridgehead atoms. The molecule has 1 saturated heterocycles. The number of hydrogen-bond acceptors (Lipinski definition) is 4. The van der Waals surface area contributed by atoms with E-state index in [1.54, 1.807) is 11.3 Å². The van der Waals surface area contributed by atoms with Crippen molar-refractivity contribution in [2.75, 3.05) is 33.2 Å². The van der Waals surface area contributed by atoms with Gasteiger partial charge in [-0.15, -0.1) is 35.3 Å². The number of halogens is 1. The summed E-state index contributed by atoms with van der Waals surface area (Å²) >= 11 is 1.79. The molecule has 0 spiro atoms. The number of likely N-dealkylation sites (tertiary alicyclic amines) is 1. The molecule has 1 aliphatic heterocycles. The Morgan fingerprint density at radius 1 is 1.18 bits per heavy atom. The number of guanidine groups is 1. The van der Waals surface area contributed by atoms with Crippen molar-refractivity contribution < 1.29 is 0 Å². The number of hydrogen-bond donors (Lipinski definition) is 2.